The summed E-state index contributed by atoms with van der Waals surface area (Å²) in [6, 6.07) is 19.9. The lowest BCUT2D eigenvalue weighted by Crippen LogP contribution is -2.18. The third-order valence-electron chi connectivity index (χ3n) is 5.39. The molecule has 6 nitrogen and oxygen atoms in total. The minimum Gasteiger partial charge on any atom is -0.496 e. The van der Waals surface area contributed by atoms with Crippen molar-refractivity contribution < 1.29 is 19.0 Å². The first-order valence-electron chi connectivity index (χ1n) is 11.3. The number of ether oxygens (including phenoxy) is 3. The fourth-order valence-corrected chi connectivity index (χ4v) is 4.24. The molecule has 190 valence electrons. The zero-order chi connectivity index (χ0) is 26.4. The van der Waals surface area contributed by atoms with Crippen LogP contribution in [-0.2, 0) is 6.61 Å². The molecule has 0 aliphatic heterocycles. The summed E-state index contributed by atoms with van der Waals surface area (Å²) in [4.78, 5) is 12.8. The first kappa shape index (κ1) is 26.6. The van der Waals surface area contributed by atoms with Crippen LogP contribution in [0.25, 0.3) is 10.8 Å². The van der Waals surface area contributed by atoms with Gasteiger partial charge in [0.05, 0.1) is 40.6 Å². The van der Waals surface area contributed by atoms with Crippen molar-refractivity contribution in [3.8, 4) is 17.2 Å². The van der Waals surface area contributed by atoms with Crippen LogP contribution in [0.2, 0.25) is 15.1 Å². The Kier molecular flexibility index (Phi) is 8.77. The lowest BCUT2D eigenvalue weighted by atomic mass is 10.1. The number of fused-ring (bicyclic) bond motifs is 1. The Morgan fingerprint density at radius 3 is 2.35 bits per heavy atom. The smallest absolute Gasteiger partial charge is 0.275 e. The van der Waals surface area contributed by atoms with Gasteiger partial charge in [0.1, 0.15) is 12.4 Å². The predicted octanol–water partition coefficient (Wildman–Crippen LogP) is 7.55. The van der Waals surface area contributed by atoms with E-state index in [9.17, 15) is 4.79 Å². The maximum absolute atomic E-state index is 12.8. The molecule has 0 saturated carbocycles. The maximum Gasteiger partial charge on any atom is 0.275 e. The molecule has 0 bridgehead atoms. The molecule has 9 heteroatoms. The Bertz CT molecular complexity index is 1470. The minimum absolute atomic E-state index is 0.216. The van der Waals surface area contributed by atoms with Crippen molar-refractivity contribution in [3.05, 3.63) is 98.5 Å². The summed E-state index contributed by atoms with van der Waals surface area (Å²) in [6.07, 6.45) is 1.47. The number of hydrazone groups is 1. The van der Waals surface area contributed by atoms with Crippen molar-refractivity contribution in [2.75, 3.05) is 13.7 Å². The van der Waals surface area contributed by atoms with E-state index >= 15 is 0 Å². The first-order valence-corrected chi connectivity index (χ1v) is 12.5. The molecular weight excluding hydrogens is 535 g/mol. The molecule has 4 rings (SSSR count). The maximum atomic E-state index is 12.8. The molecule has 4 aromatic rings. The number of amides is 1. The second-order valence-electron chi connectivity index (χ2n) is 7.90. The van der Waals surface area contributed by atoms with E-state index < -0.39 is 5.91 Å². The molecule has 0 radical (unpaired) electrons. The number of benzene rings is 4. The third kappa shape index (κ3) is 6.46. The van der Waals surface area contributed by atoms with E-state index in [1.165, 1.54) is 13.3 Å². The fraction of sp³-hybridized carbons (Fsp3) is 0.143. The first-order chi connectivity index (χ1) is 17.9. The average Bonchev–Trinajstić information content (AvgIpc) is 2.89. The van der Waals surface area contributed by atoms with Crippen LogP contribution in [0.3, 0.4) is 0 Å². The van der Waals surface area contributed by atoms with Crippen molar-refractivity contribution in [1.29, 1.82) is 0 Å². The third-order valence-corrected chi connectivity index (χ3v) is 6.41. The monoisotopic (exact) mass is 556 g/mol. The summed E-state index contributed by atoms with van der Waals surface area (Å²) < 4.78 is 17.1. The quantitative estimate of drug-likeness (QED) is 0.170. The highest BCUT2D eigenvalue weighted by Crippen LogP contribution is 2.37. The molecule has 0 spiro atoms. The molecule has 0 aliphatic carbocycles. The summed E-state index contributed by atoms with van der Waals surface area (Å²) in [5, 5.41) is 7.22. The van der Waals surface area contributed by atoms with E-state index in [0.29, 0.717) is 50.1 Å². The van der Waals surface area contributed by atoms with Crippen molar-refractivity contribution in [1.82, 2.24) is 5.43 Å². The molecule has 0 saturated heterocycles. The lowest BCUT2D eigenvalue weighted by Gasteiger charge is -2.15. The largest absolute Gasteiger partial charge is 0.496 e. The van der Waals surface area contributed by atoms with Gasteiger partial charge in [-0.05, 0) is 65.2 Å². The van der Waals surface area contributed by atoms with Crippen molar-refractivity contribution in [3.63, 3.8) is 0 Å². The fourth-order valence-electron chi connectivity index (χ4n) is 3.64. The number of hydrogen-bond acceptors (Lipinski definition) is 5. The van der Waals surface area contributed by atoms with Crippen LogP contribution in [0, 0.1) is 0 Å². The van der Waals surface area contributed by atoms with Crippen LogP contribution in [0.4, 0.5) is 0 Å². The van der Waals surface area contributed by atoms with Gasteiger partial charge < -0.3 is 14.2 Å². The molecule has 4 aromatic carbocycles. The summed E-state index contributed by atoms with van der Waals surface area (Å²) in [5.74, 6) is 0.879. The summed E-state index contributed by atoms with van der Waals surface area (Å²) in [6.45, 7) is 2.47. The molecule has 0 unspecified atom stereocenters. The van der Waals surface area contributed by atoms with Gasteiger partial charge in [-0.2, -0.15) is 5.10 Å². The zero-order valence-electron chi connectivity index (χ0n) is 20.1. The average molecular weight is 558 g/mol. The highest BCUT2D eigenvalue weighted by Gasteiger charge is 2.15. The summed E-state index contributed by atoms with van der Waals surface area (Å²) in [5.41, 5.74) is 4.35. The Labute approximate surface area is 229 Å². The number of rotatable bonds is 9. The topological polar surface area (TPSA) is 69.2 Å². The Morgan fingerprint density at radius 1 is 0.892 bits per heavy atom. The second kappa shape index (κ2) is 12.2. The minimum atomic E-state index is -0.406. The van der Waals surface area contributed by atoms with Gasteiger partial charge in [-0.25, -0.2) is 5.43 Å². The van der Waals surface area contributed by atoms with Crippen LogP contribution in [0.15, 0.2) is 71.8 Å². The Morgan fingerprint density at radius 2 is 1.65 bits per heavy atom. The molecule has 37 heavy (non-hydrogen) atoms. The second-order valence-corrected chi connectivity index (χ2v) is 9.12. The van der Waals surface area contributed by atoms with E-state index in [1.54, 1.807) is 30.3 Å². The molecule has 0 aromatic heterocycles. The number of carbonyl (C=O) groups is 1. The molecule has 0 heterocycles. The van der Waals surface area contributed by atoms with Crippen molar-refractivity contribution in [2.24, 2.45) is 5.10 Å². The van der Waals surface area contributed by atoms with E-state index in [-0.39, 0.29) is 6.61 Å². The van der Waals surface area contributed by atoms with Gasteiger partial charge in [-0.1, -0.05) is 65.1 Å². The zero-order valence-corrected chi connectivity index (χ0v) is 22.3. The number of halogens is 3. The Hall–Kier alpha value is -3.45. The van der Waals surface area contributed by atoms with Gasteiger partial charge in [-0.15, -0.1) is 0 Å². The van der Waals surface area contributed by atoms with E-state index in [0.717, 1.165) is 16.3 Å². The molecule has 0 atom stereocenters. The lowest BCUT2D eigenvalue weighted by molar-refractivity contribution is 0.0952. The van der Waals surface area contributed by atoms with E-state index in [4.69, 9.17) is 49.0 Å². The molecular formula is C28H23Cl3N2O4. The number of carbonyl (C=O) groups excluding carboxylic acids is 1. The van der Waals surface area contributed by atoms with Gasteiger partial charge in [0, 0.05) is 0 Å². The number of nitrogens with zero attached hydrogens (tertiary/aromatic N) is 1. The van der Waals surface area contributed by atoms with Crippen LogP contribution in [0.5, 0.6) is 17.2 Å². The molecule has 0 fully saturated rings. The number of nitrogens with one attached hydrogen (secondary N) is 1. The van der Waals surface area contributed by atoms with Crippen molar-refractivity contribution in [2.45, 2.75) is 13.5 Å². The predicted molar refractivity (Wildman–Crippen MR) is 149 cm³/mol. The number of methoxy groups -OCH3 is 1. The van der Waals surface area contributed by atoms with Gasteiger partial charge in [0.25, 0.3) is 5.91 Å². The normalized spacial score (nSPS) is 11.1. The standard InChI is InChI=1S/C28H23Cl3N2O4/c1-3-36-26-12-18(11-24(31)27(26)37-16-17-8-9-22(29)23(30)10-17)15-32-33-28(34)21-13-19-6-4-5-7-20(19)14-25(21)35-2/h4-15H,3,16H2,1-2H3,(H,33,34)/b32-15-. The summed E-state index contributed by atoms with van der Waals surface area (Å²) >= 11 is 18.6. The van der Waals surface area contributed by atoms with Gasteiger partial charge in [-0.3, -0.25) is 4.79 Å². The van der Waals surface area contributed by atoms with Crippen LogP contribution in [0.1, 0.15) is 28.4 Å². The van der Waals surface area contributed by atoms with Crippen LogP contribution >= 0.6 is 34.8 Å². The highest BCUT2D eigenvalue weighted by molar-refractivity contribution is 6.42. The molecule has 1 amide bonds. The number of hydrogen-bond donors (Lipinski definition) is 1. The van der Waals surface area contributed by atoms with E-state index in [1.807, 2.05) is 43.3 Å². The molecule has 1 N–H and O–H groups in total. The van der Waals surface area contributed by atoms with Gasteiger partial charge in [0.2, 0.25) is 0 Å². The van der Waals surface area contributed by atoms with Gasteiger partial charge >= 0.3 is 0 Å². The molecule has 0 aliphatic rings. The van der Waals surface area contributed by atoms with Crippen LogP contribution in [-0.4, -0.2) is 25.8 Å². The van der Waals surface area contributed by atoms with Crippen molar-refractivity contribution >= 4 is 57.7 Å². The van der Waals surface area contributed by atoms with E-state index in [2.05, 4.69) is 10.5 Å². The van der Waals surface area contributed by atoms with Crippen LogP contribution < -0.4 is 19.6 Å². The Balaban J connectivity index is 1.50. The SMILES string of the molecule is CCOc1cc(/C=N\NC(=O)c2cc3ccccc3cc2OC)cc(Cl)c1OCc1ccc(Cl)c(Cl)c1. The highest BCUT2D eigenvalue weighted by atomic mass is 35.5. The van der Waals surface area contributed by atoms with Gasteiger partial charge in [0.15, 0.2) is 11.5 Å². The summed E-state index contributed by atoms with van der Waals surface area (Å²) in [7, 11) is 1.52.